The molecule has 0 radical (unpaired) electrons. The van der Waals surface area contributed by atoms with Gasteiger partial charge in [-0.1, -0.05) is 15.9 Å². The summed E-state index contributed by atoms with van der Waals surface area (Å²) in [7, 11) is 1.49. The van der Waals surface area contributed by atoms with Crippen LogP contribution in [0.2, 0.25) is 0 Å². The van der Waals surface area contributed by atoms with Crippen LogP contribution in [0, 0.1) is 0 Å². The summed E-state index contributed by atoms with van der Waals surface area (Å²) in [6, 6.07) is 7.17. The number of benzene rings is 1. The second-order valence-electron chi connectivity index (χ2n) is 4.11. The molecule has 0 aliphatic heterocycles. The normalized spacial score (nSPS) is 12.6. The van der Waals surface area contributed by atoms with Gasteiger partial charge < -0.3 is 19.6 Å². The molecule has 0 saturated carbocycles. The van der Waals surface area contributed by atoms with E-state index in [0.717, 1.165) is 9.86 Å². The van der Waals surface area contributed by atoms with E-state index >= 15 is 0 Å². The first-order valence-electron chi connectivity index (χ1n) is 5.74. The maximum atomic E-state index is 11.8. The molecule has 1 unspecified atom stereocenters. The van der Waals surface area contributed by atoms with Crippen molar-refractivity contribution in [2.24, 2.45) is 0 Å². The molecule has 0 saturated heterocycles. The van der Waals surface area contributed by atoms with Gasteiger partial charge in [0.05, 0.1) is 12.7 Å². The van der Waals surface area contributed by atoms with Crippen molar-refractivity contribution in [3.63, 3.8) is 0 Å². The molecule has 1 aromatic carbocycles. The highest BCUT2D eigenvalue weighted by atomic mass is 79.9. The van der Waals surface area contributed by atoms with Crippen molar-refractivity contribution < 1.29 is 19.1 Å². The Morgan fingerprint density at radius 1 is 1.53 bits per heavy atom. The summed E-state index contributed by atoms with van der Waals surface area (Å²) in [5.74, 6) is -0.139. The van der Waals surface area contributed by atoms with Crippen molar-refractivity contribution in [2.75, 3.05) is 20.3 Å². The summed E-state index contributed by atoms with van der Waals surface area (Å²) in [4.78, 5) is 11.8. The van der Waals surface area contributed by atoms with Gasteiger partial charge in [-0.15, -0.1) is 0 Å². The number of hydrogen-bond acceptors (Lipinski definition) is 4. The van der Waals surface area contributed by atoms with Crippen molar-refractivity contribution in [3.8, 4) is 0 Å². The Balaban J connectivity index is 2.05. The number of furan rings is 1. The van der Waals surface area contributed by atoms with Crippen molar-refractivity contribution in [1.82, 2.24) is 5.32 Å². The molecule has 2 N–H and O–H groups in total. The van der Waals surface area contributed by atoms with Crippen LogP contribution in [0.4, 0.5) is 0 Å². The molecule has 2 aromatic rings. The van der Waals surface area contributed by atoms with Crippen LogP contribution in [0.3, 0.4) is 0 Å². The lowest BCUT2D eigenvalue weighted by atomic mass is 10.2. The molecular formula is C13H14BrNO4. The number of rotatable bonds is 5. The zero-order valence-corrected chi connectivity index (χ0v) is 11.9. The molecule has 1 amide bonds. The molecule has 6 heteroatoms. The Morgan fingerprint density at radius 2 is 2.32 bits per heavy atom. The molecule has 5 nitrogen and oxygen atoms in total. The number of methoxy groups -OCH3 is 1. The third kappa shape index (κ3) is 3.56. The van der Waals surface area contributed by atoms with Gasteiger partial charge in [0.25, 0.3) is 5.91 Å². The number of carbonyl (C=O) groups is 1. The van der Waals surface area contributed by atoms with Gasteiger partial charge in [0.1, 0.15) is 5.58 Å². The van der Waals surface area contributed by atoms with E-state index in [0.29, 0.717) is 5.58 Å². The average Bonchev–Trinajstić information content (AvgIpc) is 2.79. The highest BCUT2D eigenvalue weighted by molar-refractivity contribution is 9.10. The second-order valence-corrected chi connectivity index (χ2v) is 5.03. The number of aliphatic hydroxyl groups is 1. The molecule has 1 heterocycles. The highest BCUT2D eigenvalue weighted by Crippen LogP contribution is 2.23. The van der Waals surface area contributed by atoms with E-state index in [4.69, 9.17) is 9.15 Å². The van der Waals surface area contributed by atoms with Gasteiger partial charge in [-0.2, -0.15) is 0 Å². The first kappa shape index (κ1) is 14.0. The molecule has 1 aromatic heterocycles. The summed E-state index contributed by atoms with van der Waals surface area (Å²) >= 11 is 3.36. The predicted molar refractivity (Wildman–Crippen MR) is 74.1 cm³/mol. The summed E-state index contributed by atoms with van der Waals surface area (Å²) in [5, 5.41) is 12.9. The van der Waals surface area contributed by atoms with Crippen LogP contribution >= 0.6 is 15.9 Å². The molecule has 0 spiro atoms. The van der Waals surface area contributed by atoms with Gasteiger partial charge >= 0.3 is 0 Å². The number of halogens is 1. The quantitative estimate of drug-likeness (QED) is 0.880. The van der Waals surface area contributed by atoms with Gasteiger partial charge in [0, 0.05) is 23.5 Å². The van der Waals surface area contributed by atoms with Crippen LogP contribution in [0.1, 0.15) is 10.6 Å². The second kappa shape index (κ2) is 6.18. The number of carbonyl (C=O) groups excluding carboxylic acids is 1. The van der Waals surface area contributed by atoms with Gasteiger partial charge in [-0.25, -0.2) is 0 Å². The van der Waals surface area contributed by atoms with E-state index in [9.17, 15) is 9.90 Å². The van der Waals surface area contributed by atoms with Crippen molar-refractivity contribution in [3.05, 3.63) is 34.5 Å². The van der Waals surface area contributed by atoms with E-state index in [1.54, 1.807) is 12.1 Å². The summed E-state index contributed by atoms with van der Waals surface area (Å²) in [6.07, 6.45) is -0.729. The number of amides is 1. The van der Waals surface area contributed by atoms with E-state index in [2.05, 4.69) is 21.2 Å². The Bertz CT molecular complexity index is 581. The Kier molecular flexibility index (Phi) is 4.57. The molecule has 19 heavy (non-hydrogen) atoms. The summed E-state index contributed by atoms with van der Waals surface area (Å²) < 4.78 is 11.1. The first-order valence-corrected chi connectivity index (χ1v) is 6.53. The van der Waals surface area contributed by atoms with Gasteiger partial charge in [0.15, 0.2) is 5.76 Å². The SMILES string of the molecule is COCC(O)CNC(=O)c1cc2cc(Br)ccc2o1. The van der Waals surface area contributed by atoms with E-state index in [-0.39, 0.29) is 24.8 Å². The third-order valence-electron chi connectivity index (χ3n) is 2.56. The number of fused-ring (bicyclic) bond motifs is 1. The van der Waals surface area contributed by atoms with Crippen molar-refractivity contribution in [1.29, 1.82) is 0 Å². The van der Waals surface area contributed by atoms with E-state index in [1.165, 1.54) is 7.11 Å². The Hall–Kier alpha value is -1.37. The lowest BCUT2D eigenvalue weighted by Crippen LogP contribution is -2.34. The van der Waals surface area contributed by atoms with Crippen molar-refractivity contribution in [2.45, 2.75) is 6.10 Å². The zero-order chi connectivity index (χ0) is 13.8. The maximum Gasteiger partial charge on any atom is 0.287 e. The molecule has 0 fully saturated rings. The smallest absolute Gasteiger partial charge is 0.287 e. The number of aliphatic hydroxyl groups excluding tert-OH is 1. The fraction of sp³-hybridized carbons (Fsp3) is 0.308. The van der Waals surface area contributed by atoms with Crippen LogP contribution in [-0.4, -0.2) is 37.4 Å². The maximum absolute atomic E-state index is 11.8. The molecular weight excluding hydrogens is 314 g/mol. The lowest BCUT2D eigenvalue weighted by Gasteiger charge is -2.09. The number of hydrogen-bond donors (Lipinski definition) is 2. The predicted octanol–water partition coefficient (Wildman–Crippen LogP) is 1.93. The Labute approximate surface area is 118 Å². The molecule has 102 valence electrons. The van der Waals surface area contributed by atoms with Crippen LogP contribution in [-0.2, 0) is 4.74 Å². The van der Waals surface area contributed by atoms with Crippen molar-refractivity contribution >= 4 is 32.8 Å². The Morgan fingerprint density at radius 3 is 3.05 bits per heavy atom. The fourth-order valence-corrected chi connectivity index (χ4v) is 2.05. The molecule has 0 aliphatic carbocycles. The molecule has 2 rings (SSSR count). The molecule has 0 bridgehead atoms. The minimum absolute atomic E-state index is 0.118. The molecule has 1 atom stereocenters. The van der Waals surface area contributed by atoms with Crippen LogP contribution < -0.4 is 5.32 Å². The van der Waals surface area contributed by atoms with Gasteiger partial charge in [-0.05, 0) is 24.3 Å². The van der Waals surface area contributed by atoms with Crippen LogP contribution in [0.15, 0.2) is 33.2 Å². The average molecular weight is 328 g/mol. The summed E-state index contributed by atoms with van der Waals surface area (Å²) in [5.41, 5.74) is 0.644. The minimum atomic E-state index is -0.729. The number of ether oxygens (including phenoxy) is 1. The largest absolute Gasteiger partial charge is 0.451 e. The summed E-state index contributed by atoms with van der Waals surface area (Å²) in [6.45, 7) is 0.292. The van der Waals surface area contributed by atoms with E-state index in [1.807, 2.05) is 12.1 Å². The van der Waals surface area contributed by atoms with Gasteiger partial charge in [0.2, 0.25) is 0 Å². The minimum Gasteiger partial charge on any atom is -0.451 e. The topological polar surface area (TPSA) is 71.7 Å². The number of nitrogens with one attached hydrogen (secondary N) is 1. The monoisotopic (exact) mass is 327 g/mol. The van der Waals surface area contributed by atoms with Crippen LogP contribution in [0.25, 0.3) is 11.0 Å². The zero-order valence-electron chi connectivity index (χ0n) is 10.4. The molecule has 0 aliphatic rings. The third-order valence-corrected chi connectivity index (χ3v) is 3.05. The first-order chi connectivity index (χ1) is 9.10. The van der Waals surface area contributed by atoms with Crippen LogP contribution in [0.5, 0.6) is 0 Å². The highest BCUT2D eigenvalue weighted by Gasteiger charge is 2.13. The van der Waals surface area contributed by atoms with E-state index < -0.39 is 6.10 Å². The lowest BCUT2D eigenvalue weighted by molar-refractivity contribution is 0.0604. The van der Waals surface area contributed by atoms with Gasteiger partial charge in [-0.3, -0.25) is 4.79 Å². The fourth-order valence-electron chi connectivity index (χ4n) is 1.68. The standard InChI is InChI=1S/C13H14BrNO4/c1-18-7-10(16)6-15-13(17)12-5-8-4-9(14)2-3-11(8)19-12/h2-5,10,16H,6-7H2,1H3,(H,15,17).